The molecule has 1 N–H and O–H groups in total. The molecule has 0 bridgehead atoms. The van der Waals surface area contributed by atoms with Gasteiger partial charge in [-0.25, -0.2) is 0 Å². The molecule has 0 radical (unpaired) electrons. The minimum Gasteiger partial charge on any atom is -0.496 e. The van der Waals surface area contributed by atoms with Crippen LogP contribution in [-0.2, 0) is 9.53 Å². The van der Waals surface area contributed by atoms with E-state index in [9.17, 15) is 4.79 Å². The number of hydrogen-bond acceptors (Lipinski definition) is 4. The number of esters is 1. The van der Waals surface area contributed by atoms with Gasteiger partial charge >= 0.3 is 5.97 Å². The Labute approximate surface area is 108 Å². The summed E-state index contributed by atoms with van der Waals surface area (Å²) >= 11 is 0. The van der Waals surface area contributed by atoms with Crippen molar-refractivity contribution in [2.45, 2.75) is 32.4 Å². The first-order chi connectivity index (χ1) is 8.42. The lowest BCUT2D eigenvalue weighted by atomic mass is 10.0. The van der Waals surface area contributed by atoms with Crippen molar-refractivity contribution in [1.29, 1.82) is 0 Å². The van der Waals surface area contributed by atoms with E-state index in [0.717, 1.165) is 11.3 Å². The Balaban J connectivity index is 2.88. The van der Waals surface area contributed by atoms with Gasteiger partial charge in [0.1, 0.15) is 11.3 Å². The molecule has 0 aliphatic rings. The molecule has 0 saturated carbocycles. The van der Waals surface area contributed by atoms with E-state index in [4.69, 9.17) is 9.47 Å². The topological polar surface area (TPSA) is 47.6 Å². The minimum atomic E-state index is -0.741. The lowest BCUT2D eigenvalue weighted by Gasteiger charge is -2.28. The highest BCUT2D eigenvalue weighted by atomic mass is 16.5. The van der Waals surface area contributed by atoms with Gasteiger partial charge in [-0.05, 0) is 26.8 Å². The van der Waals surface area contributed by atoms with Crippen molar-refractivity contribution >= 4 is 5.97 Å². The lowest BCUT2D eigenvalue weighted by molar-refractivity contribution is -0.147. The standard InChI is InChI=1S/C14H21NO3/c1-10(15-14(2,3)13(16)18-5)11-8-6-7-9-12(11)17-4/h6-10,15H,1-5H3. The monoisotopic (exact) mass is 251 g/mol. The van der Waals surface area contributed by atoms with Crippen molar-refractivity contribution in [2.24, 2.45) is 0 Å². The molecule has 0 heterocycles. The highest BCUT2D eigenvalue weighted by Crippen LogP contribution is 2.26. The number of para-hydroxylation sites is 1. The molecule has 0 amide bonds. The largest absolute Gasteiger partial charge is 0.496 e. The number of carbonyl (C=O) groups is 1. The summed E-state index contributed by atoms with van der Waals surface area (Å²) < 4.78 is 10.1. The molecule has 1 aromatic rings. The molecule has 0 aliphatic heterocycles. The van der Waals surface area contributed by atoms with Crippen LogP contribution in [0.5, 0.6) is 5.75 Å². The quantitative estimate of drug-likeness (QED) is 0.816. The maximum absolute atomic E-state index is 11.6. The van der Waals surface area contributed by atoms with Crippen LogP contribution in [-0.4, -0.2) is 25.7 Å². The molecule has 100 valence electrons. The molecule has 0 aliphatic carbocycles. The highest BCUT2D eigenvalue weighted by molar-refractivity contribution is 5.79. The van der Waals surface area contributed by atoms with Crippen molar-refractivity contribution in [3.63, 3.8) is 0 Å². The Kier molecular flexibility index (Phi) is 4.73. The van der Waals surface area contributed by atoms with E-state index in [1.807, 2.05) is 31.2 Å². The Bertz CT molecular complexity index is 415. The predicted octanol–water partition coefficient (Wildman–Crippen LogP) is 2.30. The van der Waals surface area contributed by atoms with Gasteiger partial charge in [-0.15, -0.1) is 0 Å². The summed E-state index contributed by atoms with van der Waals surface area (Å²) in [6.07, 6.45) is 0. The van der Waals surface area contributed by atoms with Crippen molar-refractivity contribution in [1.82, 2.24) is 5.32 Å². The summed E-state index contributed by atoms with van der Waals surface area (Å²) in [5.41, 5.74) is 0.270. The van der Waals surface area contributed by atoms with Gasteiger partial charge in [0.15, 0.2) is 0 Å². The molecule has 1 aromatic carbocycles. The van der Waals surface area contributed by atoms with Crippen LogP contribution >= 0.6 is 0 Å². The normalized spacial score (nSPS) is 12.9. The van der Waals surface area contributed by atoms with Crippen molar-refractivity contribution in [3.05, 3.63) is 29.8 Å². The second-order valence-corrected chi connectivity index (χ2v) is 4.72. The molecule has 18 heavy (non-hydrogen) atoms. The van der Waals surface area contributed by atoms with Crippen LogP contribution in [0.2, 0.25) is 0 Å². The first-order valence-corrected chi connectivity index (χ1v) is 5.91. The number of nitrogens with one attached hydrogen (secondary N) is 1. The average molecular weight is 251 g/mol. The molecule has 0 fully saturated rings. The average Bonchev–Trinajstić information content (AvgIpc) is 2.36. The first kappa shape index (κ1) is 14.5. The van der Waals surface area contributed by atoms with Crippen molar-refractivity contribution in [2.75, 3.05) is 14.2 Å². The maximum atomic E-state index is 11.6. The molecule has 1 unspecified atom stereocenters. The summed E-state index contributed by atoms with van der Waals surface area (Å²) in [5, 5.41) is 3.24. The predicted molar refractivity (Wildman–Crippen MR) is 70.6 cm³/mol. The molecular formula is C14H21NO3. The van der Waals surface area contributed by atoms with Gasteiger partial charge in [-0.1, -0.05) is 18.2 Å². The Hall–Kier alpha value is -1.55. The second-order valence-electron chi connectivity index (χ2n) is 4.72. The Morgan fingerprint density at radius 2 is 1.89 bits per heavy atom. The number of hydrogen-bond donors (Lipinski definition) is 1. The zero-order chi connectivity index (χ0) is 13.8. The summed E-state index contributed by atoms with van der Waals surface area (Å²) in [7, 11) is 3.02. The summed E-state index contributed by atoms with van der Waals surface area (Å²) in [5.74, 6) is 0.516. The Morgan fingerprint density at radius 3 is 2.44 bits per heavy atom. The summed E-state index contributed by atoms with van der Waals surface area (Å²) in [4.78, 5) is 11.6. The van der Waals surface area contributed by atoms with Gasteiger partial charge in [-0.2, -0.15) is 0 Å². The van der Waals surface area contributed by atoms with E-state index in [2.05, 4.69) is 5.32 Å². The van der Waals surface area contributed by atoms with Crippen LogP contribution in [0.15, 0.2) is 24.3 Å². The number of methoxy groups -OCH3 is 2. The molecule has 0 aromatic heterocycles. The van der Waals surface area contributed by atoms with Crippen LogP contribution in [0.3, 0.4) is 0 Å². The third-order valence-electron chi connectivity index (χ3n) is 2.88. The highest BCUT2D eigenvalue weighted by Gasteiger charge is 2.30. The number of rotatable bonds is 5. The van der Waals surface area contributed by atoms with Crippen LogP contribution < -0.4 is 10.1 Å². The second kappa shape index (κ2) is 5.87. The first-order valence-electron chi connectivity index (χ1n) is 5.91. The molecule has 0 saturated heterocycles. The zero-order valence-corrected chi connectivity index (χ0v) is 11.6. The van der Waals surface area contributed by atoms with Gasteiger partial charge in [0.05, 0.1) is 14.2 Å². The SMILES string of the molecule is COC(=O)C(C)(C)NC(C)c1ccccc1OC. The fraction of sp³-hybridized carbons (Fsp3) is 0.500. The van der Waals surface area contributed by atoms with Crippen LogP contribution in [0, 0.1) is 0 Å². The van der Waals surface area contributed by atoms with Crippen LogP contribution in [0.4, 0.5) is 0 Å². The molecule has 0 spiro atoms. The van der Waals surface area contributed by atoms with E-state index < -0.39 is 5.54 Å². The van der Waals surface area contributed by atoms with Gasteiger partial charge in [0.2, 0.25) is 0 Å². The molecule has 1 atom stereocenters. The van der Waals surface area contributed by atoms with Gasteiger partial charge in [-0.3, -0.25) is 10.1 Å². The Morgan fingerprint density at radius 1 is 1.28 bits per heavy atom. The van der Waals surface area contributed by atoms with E-state index in [1.54, 1.807) is 21.0 Å². The minimum absolute atomic E-state index is 0.0183. The lowest BCUT2D eigenvalue weighted by Crippen LogP contribution is -2.48. The van der Waals surface area contributed by atoms with Crippen molar-refractivity contribution < 1.29 is 14.3 Å². The van der Waals surface area contributed by atoms with Gasteiger partial charge in [0, 0.05) is 11.6 Å². The maximum Gasteiger partial charge on any atom is 0.325 e. The van der Waals surface area contributed by atoms with Crippen LogP contribution in [0.1, 0.15) is 32.4 Å². The molecule has 1 rings (SSSR count). The van der Waals surface area contributed by atoms with E-state index in [0.29, 0.717) is 0 Å². The van der Waals surface area contributed by atoms with E-state index in [1.165, 1.54) is 7.11 Å². The third-order valence-corrected chi connectivity index (χ3v) is 2.88. The molecule has 4 heteroatoms. The van der Waals surface area contributed by atoms with E-state index in [-0.39, 0.29) is 12.0 Å². The smallest absolute Gasteiger partial charge is 0.325 e. The van der Waals surface area contributed by atoms with Gasteiger partial charge < -0.3 is 9.47 Å². The summed E-state index contributed by atoms with van der Waals surface area (Å²) in [6, 6.07) is 7.72. The molecule has 4 nitrogen and oxygen atoms in total. The van der Waals surface area contributed by atoms with Gasteiger partial charge in [0.25, 0.3) is 0 Å². The van der Waals surface area contributed by atoms with E-state index >= 15 is 0 Å². The van der Waals surface area contributed by atoms with Crippen molar-refractivity contribution in [3.8, 4) is 5.75 Å². The molecular weight excluding hydrogens is 230 g/mol. The van der Waals surface area contributed by atoms with Crippen LogP contribution in [0.25, 0.3) is 0 Å². The number of ether oxygens (including phenoxy) is 2. The fourth-order valence-electron chi connectivity index (χ4n) is 1.96. The number of benzene rings is 1. The fourth-order valence-corrected chi connectivity index (χ4v) is 1.96. The third kappa shape index (κ3) is 3.23. The number of carbonyl (C=O) groups excluding carboxylic acids is 1. The zero-order valence-electron chi connectivity index (χ0n) is 11.6. The summed E-state index contributed by atoms with van der Waals surface area (Å²) in [6.45, 7) is 5.58.